The number of nitrogen functional groups attached to an aromatic ring is 1. The van der Waals surface area contributed by atoms with Gasteiger partial charge in [0.2, 0.25) is 0 Å². The van der Waals surface area contributed by atoms with E-state index in [2.05, 4.69) is 18.8 Å². The van der Waals surface area contributed by atoms with E-state index in [0.29, 0.717) is 17.3 Å². The molecule has 0 aliphatic heterocycles. The van der Waals surface area contributed by atoms with Gasteiger partial charge in [0.25, 0.3) is 5.91 Å². The third-order valence-corrected chi connectivity index (χ3v) is 2.45. The van der Waals surface area contributed by atoms with Crippen LogP contribution in [0.1, 0.15) is 38.2 Å². The van der Waals surface area contributed by atoms with Crippen LogP contribution in [-0.4, -0.2) is 28.4 Å². The molecule has 4 nitrogen and oxygen atoms in total. The van der Waals surface area contributed by atoms with E-state index in [9.17, 15) is 4.79 Å². The summed E-state index contributed by atoms with van der Waals surface area (Å²) in [6.45, 7) is 8.95. The summed E-state index contributed by atoms with van der Waals surface area (Å²) in [6, 6.07) is 3.55. The number of hydrogen-bond acceptors (Lipinski definition) is 3. The molecule has 102 valence electrons. The van der Waals surface area contributed by atoms with E-state index in [4.69, 9.17) is 5.73 Å². The van der Waals surface area contributed by atoms with Crippen molar-refractivity contribution in [2.24, 2.45) is 5.92 Å². The molecule has 0 unspecified atom stereocenters. The van der Waals surface area contributed by atoms with Crippen molar-refractivity contribution in [1.82, 2.24) is 9.88 Å². The second-order valence-corrected chi connectivity index (χ2v) is 4.92. The maximum absolute atomic E-state index is 12.3. The van der Waals surface area contributed by atoms with Crippen molar-refractivity contribution < 1.29 is 4.79 Å². The van der Waals surface area contributed by atoms with Crippen LogP contribution in [0.5, 0.6) is 0 Å². The zero-order valence-electron chi connectivity index (χ0n) is 11.4. The first kappa shape index (κ1) is 16.7. The summed E-state index contributed by atoms with van der Waals surface area (Å²) in [4.78, 5) is 18.2. The predicted molar refractivity (Wildman–Crippen MR) is 76.9 cm³/mol. The Morgan fingerprint density at radius 3 is 2.33 bits per heavy atom. The van der Waals surface area contributed by atoms with Gasteiger partial charge in [0, 0.05) is 12.6 Å². The van der Waals surface area contributed by atoms with Crippen LogP contribution < -0.4 is 5.73 Å². The minimum atomic E-state index is -0.0336. The van der Waals surface area contributed by atoms with Gasteiger partial charge in [-0.2, -0.15) is 0 Å². The summed E-state index contributed by atoms with van der Waals surface area (Å²) < 4.78 is 0. The molecule has 0 saturated heterocycles. The van der Waals surface area contributed by atoms with Crippen LogP contribution in [0, 0.1) is 5.92 Å². The van der Waals surface area contributed by atoms with Crippen LogP contribution in [0.15, 0.2) is 18.3 Å². The summed E-state index contributed by atoms with van der Waals surface area (Å²) in [5, 5.41) is 0. The van der Waals surface area contributed by atoms with Crippen molar-refractivity contribution in [1.29, 1.82) is 0 Å². The third-order valence-electron chi connectivity index (χ3n) is 2.45. The van der Waals surface area contributed by atoms with Gasteiger partial charge in [-0.05, 0) is 31.9 Å². The maximum Gasteiger partial charge on any atom is 0.272 e. The molecule has 1 aromatic heterocycles. The van der Waals surface area contributed by atoms with E-state index in [1.54, 1.807) is 12.1 Å². The molecule has 0 atom stereocenters. The molecule has 2 N–H and O–H groups in total. The molecule has 1 rings (SSSR count). The van der Waals surface area contributed by atoms with Crippen LogP contribution in [0.25, 0.3) is 0 Å². The minimum Gasteiger partial charge on any atom is -0.397 e. The highest BCUT2D eigenvalue weighted by atomic mass is 35.5. The molecule has 0 saturated carbocycles. The molecule has 0 radical (unpaired) electrons. The van der Waals surface area contributed by atoms with E-state index in [0.717, 1.165) is 6.54 Å². The van der Waals surface area contributed by atoms with Crippen molar-refractivity contribution >= 4 is 24.0 Å². The summed E-state index contributed by atoms with van der Waals surface area (Å²) in [7, 11) is 0. The smallest absolute Gasteiger partial charge is 0.272 e. The van der Waals surface area contributed by atoms with Crippen molar-refractivity contribution in [3.63, 3.8) is 0 Å². The molecule has 1 heterocycles. The van der Waals surface area contributed by atoms with Gasteiger partial charge in [-0.1, -0.05) is 13.8 Å². The average molecular weight is 272 g/mol. The van der Waals surface area contributed by atoms with Gasteiger partial charge < -0.3 is 10.6 Å². The molecule has 0 bridgehead atoms. The SMILES string of the molecule is CC(C)CN(C(=O)c1ccc(N)cn1)C(C)C.Cl. The molecule has 1 amide bonds. The number of pyridine rings is 1. The van der Waals surface area contributed by atoms with Crippen LogP contribution in [0.2, 0.25) is 0 Å². The Kier molecular flexibility index (Phi) is 6.70. The molecular formula is C13H22ClN3O. The lowest BCUT2D eigenvalue weighted by Gasteiger charge is -2.28. The molecule has 1 aromatic rings. The first-order valence-electron chi connectivity index (χ1n) is 5.94. The predicted octanol–water partition coefficient (Wildman–Crippen LogP) is 2.59. The number of rotatable bonds is 4. The third kappa shape index (κ3) is 4.53. The Balaban J connectivity index is 0.00000289. The van der Waals surface area contributed by atoms with Crippen molar-refractivity contribution in [3.05, 3.63) is 24.0 Å². The number of amides is 1. The Morgan fingerprint density at radius 1 is 1.33 bits per heavy atom. The number of anilines is 1. The van der Waals surface area contributed by atoms with Gasteiger partial charge in [-0.3, -0.25) is 4.79 Å². The summed E-state index contributed by atoms with van der Waals surface area (Å²) in [5.41, 5.74) is 6.58. The van der Waals surface area contributed by atoms with Crippen molar-refractivity contribution in [2.45, 2.75) is 33.7 Å². The zero-order chi connectivity index (χ0) is 13.0. The van der Waals surface area contributed by atoms with Crippen LogP contribution >= 0.6 is 12.4 Å². The number of aromatic nitrogens is 1. The Hall–Kier alpha value is -1.29. The molecule has 0 aromatic carbocycles. The van der Waals surface area contributed by atoms with E-state index < -0.39 is 0 Å². The lowest BCUT2D eigenvalue weighted by Crippen LogP contribution is -2.39. The first-order chi connectivity index (χ1) is 7.91. The van der Waals surface area contributed by atoms with Gasteiger partial charge in [-0.25, -0.2) is 4.98 Å². The van der Waals surface area contributed by atoms with Gasteiger partial charge in [0.1, 0.15) is 5.69 Å². The van der Waals surface area contributed by atoms with E-state index in [1.807, 2.05) is 18.7 Å². The fourth-order valence-electron chi connectivity index (χ4n) is 1.60. The Morgan fingerprint density at radius 2 is 1.94 bits per heavy atom. The summed E-state index contributed by atoms with van der Waals surface area (Å²) in [5.74, 6) is 0.406. The topological polar surface area (TPSA) is 59.2 Å². The Labute approximate surface area is 115 Å². The van der Waals surface area contributed by atoms with Crippen LogP contribution in [-0.2, 0) is 0 Å². The molecule has 18 heavy (non-hydrogen) atoms. The number of nitrogens with zero attached hydrogens (tertiary/aromatic N) is 2. The minimum absolute atomic E-state index is 0. The lowest BCUT2D eigenvalue weighted by molar-refractivity contribution is 0.0676. The fourth-order valence-corrected chi connectivity index (χ4v) is 1.60. The van der Waals surface area contributed by atoms with E-state index >= 15 is 0 Å². The Bertz CT molecular complexity index is 376. The van der Waals surface area contributed by atoms with Crippen molar-refractivity contribution in [3.8, 4) is 0 Å². The maximum atomic E-state index is 12.3. The number of hydrogen-bond donors (Lipinski definition) is 1. The molecule has 5 heteroatoms. The highest BCUT2D eigenvalue weighted by Gasteiger charge is 2.20. The molecule has 0 fully saturated rings. The highest BCUT2D eigenvalue weighted by Crippen LogP contribution is 2.10. The largest absolute Gasteiger partial charge is 0.397 e. The lowest BCUT2D eigenvalue weighted by atomic mass is 10.1. The second kappa shape index (κ2) is 7.21. The van der Waals surface area contributed by atoms with Gasteiger partial charge >= 0.3 is 0 Å². The number of carbonyl (C=O) groups excluding carboxylic acids is 1. The molecular weight excluding hydrogens is 250 g/mol. The van der Waals surface area contributed by atoms with Crippen LogP contribution in [0.4, 0.5) is 5.69 Å². The van der Waals surface area contributed by atoms with Crippen molar-refractivity contribution in [2.75, 3.05) is 12.3 Å². The fraction of sp³-hybridized carbons (Fsp3) is 0.538. The quantitative estimate of drug-likeness (QED) is 0.916. The summed E-state index contributed by atoms with van der Waals surface area (Å²) in [6.07, 6.45) is 1.51. The van der Waals surface area contributed by atoms with Gasteiger partial charge in [-0.15, -0.1) is 12.4 Å². The standard InChI is InChI=1S/C13H21N3O.ClH/c1-9(2)8-16(10(3)4)13(17)12-6-5-11(14)7-15-12;/h5-7,9-10H,8,14H2,1-4H3;1H. The average Bonchev–Trinajstić information content (AvgIpc) is 2.25. The van der Waals surface area contributed by atoms with Crippen LogP contribution in [0.3, 0.4) is 0 Å². The summed E-state index contributed by atoms with van der Waals surface area (Å²) >= 11 is 0. The molecule has 0 aliphatic rings. The molecule has 0 aliphatic carbocycles. The second-order valence-electron chi connectivity index (χ2n) is 4.92. The highest BCUT2D eigenvalue weighted by molar-refractivity contribution is 5.92. The zero-order valence-corrected chi connectivity index (χ0v) is 12.2. The van der Waals surface area contributed by atoms with E-state index in [1.165, 1.54) is 6.20 Å². The number of halogens is 1. The normalized spacial score (nSPS) is 10.3. The number of nitrogens with two attached hydrogens (primary N) is 1. The molecule has 0 spiro atoms. The van der Waals surface area contributed by atoms with Gasteiger partial charge in [0.15, 0.2) is 0 Å². The van der Waals surface area contributed by atoms with E-state index in [-0.39, 0.29) is 24.4 Å². The van der Waals surface area contributed by atoms with Gasteiger partial charge in [0.05, 0.1) is 11.9 Å². The first-order valence-corrected chi connectivity index (χ1v) is 5.94. The number of carbonyl (C=O) groups is 1. The monoisotopic (exact) mass is 271 g/mol.